The Morgan fingerprint density at radius 1 is 1.10 bits per heavy atom. The van der Waals surface area contributed by atoms with Crippen LogP contribution in [0, 0.1) is 12.3 Å². The van der Waals surface area contributed by atoms with Gasteiger partial charge in [-0.3, -0.25) is 10.2 Å². The molecule has 0 aliphatic heterocycles. The third-order valence-electron chi connectivity index (χ3n) is 6.15. The second-order valence-corrected chi connectivity index (χ2v) is 10.4. The number of nitrogens with zero attached hydrogens (tertiary/aromatic N) is 4. The van der Waals surface area contributed by atoms with E-state index in [4.69, 9.17) is 34.2 Å². The number of rotatable bonds is 13. The zero-order valence-corrected chi connectivity index (χ0v) is 25.2. The summed E-state index contributed by atoms with van der Waals surface area (Å²) >= 11 is 0. The van der Waals surface area contributed by atoms with E-state index in [2.05, 4.69) is 10.2 Å². The van der Waals surface area contributed by atoms with Crippen LogP contribution in [0.25, 0.3) is 5.65 Å². The molecule has 0 bridgehead atoms. The van der Waals surface area contributed by atoms with Gasteiger partial charge in [-0.15, -0.1) is 22.6 Å². The van der Waals surface area contributed by atoms with E-state index >= 15 is 0 Å². The molecule has 2 aromatic heterocycles. The maximum absolute atomic E-state index is 13.5. The van der Waals surface area contributed by atoms with E-state index in [0.29, 0.717) is 34.7 Å². The summed E-state index contributed by atoms with van der Waals surface area (Å²) in [5.74, 6) is -0.155. The molecule has 0 saturated carbocycles. The summed E-state index contributed by atoms with van der Waals surface area (Å²) in [7, 11) is 4.60. The molecule has 12 nitrogen and oxygen atoms in total. The minimum absolute atomic E-state index is 0. The number of hydrogen-bond donors (Lipinski definition) is 2. The number of ether oxygens (including phenoxy) is 5. The highest BCUT2D eigenvalue weighted by molar-refractivity contribution is 5.97. The van der Waals surface area contributed by atoms with Gasteiger partial charge in [-0.1, -0.05) is 20.8 Å². The molecule has 0 spiro atoms. The maximum Gasteiger partial charge on any atom is 0.242 e. The number of aliphatic hydroxyl groups excluding tert-OH is 1. The van der Waals surface area contributed by atoms with Crippen molar-refractivity contribution in [1.29, 1.82) is 5.41 Å². The Morgan fingerprint density at radius 2 is 1.80 bits per heavy atom. The van der Waals surface area contributed by atoms with Crippen LogP contribution in [0.1, 0.15) is 55.6 Å². The topological polar surface area (TPSA) is 142 Å². The Hall–Kier alpha value is -3.19. The number of aryl methyl sites for hydroxylation is 1. The van der Waals surface area contributed by atoms with Gasteiger partial charge in [0.2, 0.25) is 17.3 Å². The van der Waals surface area contributed by atoms with Crippen molar-refractivity contribution in [3.8, 4) is 17.4 Å². The van der Waals surface area contributed by atoms with E-state index in [9.17, 15) is 4.79 Å². The number of nitrogens with one attached hydrogen (secondary N) is 1. The van der Waals surface area contributed by atoms with Crippen LogP contribution in [0.15, 0.2) is 18.2 Å². The van der Waals surface area contributed by atoms with Crippen molar-refractivity contribution < 1.29 is 33.6 Å². The van der Waals surface area contributed by atoms with Crippen LogP contribution in [0.4, 0.5) is 0 Å². The number of methoxy groups -OCH3 is 3. The van der Waals surface area contributed by atoms with Crippen LogP contribution < -0.4 is 19.8 Å². The minimum Gasteiger partial charge on any atom is -0.493 e. The number of fused-ring (bicyclic) bond motifs is 1. The van der Waals surface area contributed by atoms with Gasteiger partial charge in [0.15, 0.2) is 22.9 Å². The van der Waals surface area contributed by atoms with Gasteiger partial charge in [-0.2, -0.15) is 4.52 Å². The number of halogens is 1. The van der Waals surface area contributed by atoms with Crippen molar-refractivity contribution >= 4 is 23.8 Å². The van der Waals surface area contributed by atoms with Crippen LogP contribution >= 0.6 is 12.4 Å². The van der Waals surface area contributed by atoms with Crippen molar-refractivity contribution in [3.05, 3.63) is 40.5 Å². The summed E-state index contributed by atoms with van der Waals surface area (Å²) in [5.41, 5.74) is 1.88. The number of carbonyl (C=O) groups excluding carboxylic acids is 1. The molecule has 1 aromatic carbocycles. The van der Waals surface area contributed by atoms with Crippen molar-refractivity contribution in [3.63, 3.8) is 0 Å². The molecule has 3 rings (SSSR count). The number of aliphatic hydroxyl groups is 1. The van der Waals surface area contributed by atoms with Crippen LogP contribution in [-0.4, -0.2) is 77.2 Å². The molecule has 13 heteroatoms. The molecular formula is C27H40ClN5O7. The molecule has 0 radical (unpaired) electrons. The fourth-order valence-corrected chi connectivity index (χ4v) is 4.02. The molecule has 40 heavy (non-hydrogen) atoms. The number of Topliss-reactive ketones (excluding diaryl/α,β-unsaturated/α-hetero) is 1. The van der Waals surface area contributed by atoms with Crippen molar-refractivity contribution in [2.45, 2.75) is 58.8 Å². The number of ketones is 1. The zero-order valence-electron chi connectivity index (χ0n) is 24.4. The van der Waals surface area contributed by atoms with Crippen LogP contribution in [0.5, 0.6) is 17.4 Å². The third kappa shape index (κ3) is 7.30. The van der Waals surface area contributed by atoms with Gasteiger partial charge in [0.25, 0.3) is 0 Å². The predicted octanol–water partition coefficient (Wildman–Crippen LogP) is 3.08. The summed E-state index contributed by atoms with van der Waals surface area (Å²) in [4.78, 5) is 13.5. The molecule has 2 N–H and O–H groups in total. The first-order valence-electron chi connectivity index (χ1n) is 12.6. The summed E-state index contributed by atoms with van der Waals surface area (Å²) in [5, 5.41) is 26.7. The van der Waals surface area contributed by atoms with Gasteiger partial charge in [0.1, 0.15) is 13.2 Å². The molecule has 0 aliphatic rings. The SMILES string of the molecule is COCC(C)(OC)Oc1cc(C)c2nn(CC(=O)c3cc(OCCCO)c(OC)c(C(C)(C)C)c3)c(=N)n2n1.Cl. The quantitative estimate of drug-likeness (QED) is 0.177. The zero-order chi connectivity index (χ0) is 29.0. The van der Waals surface area contributed by atoms with Gasteiger partial charge in [0.05, 0.1) is 13.7 Å². The monoisotopic (exact) mass is 581 g/mol. The summed E-state index contributed by atoms with van der Waals surface area (Å²) < 4.78 is 30.6. The number of aromatic nitrogens is 4. The molecule has 222 valence electrons. The number of benzene rings is 1. The van der Waals surface area contributed by atoms with E-state index in [1.165, 1.54) is 23.4 Å². The highest BCUT2D eigenvalue weighted by Gasteiger charge is 2.28. The lowest BCUT2D eigenvalue weighted by Crippen LogP contribution is -2.40. The molecule has 0 amide bonds. The van der Waals surface area contributed by atoms with Gasteiger partial charge < -0.3 is 28.8 Å². The standard InChI is InChI=1S/C27H39N5O7.ClH/c1-17-12-22(39-27(5,37-8)16-35-6)29-32-24(17)30-31(25(32)28)15-20(34)18-13-19(26(2,3)4)23(36-7)21(14-18)38-11-9-10-33;/h12-14,28,33H,9-11,15-16H2,1-8H3;1H. The fraction of sp³-hybridized carbons (Fsp3) is 0.556. The third-order valence-corrected chi connectivity index (χ3v) is 6.15. The summed E-state index contributed by atoms with van der Waals surface area (Å²) in [6, 6.07) is 5.11. The second kappa shape index (κ2) is 13.4. The highest BCUT2D eigenvalue weighted by Crippen LogP contribution is 2.40. The van der Waals surface area contributed by atoms with Crippen LogP contribution in [0.3, 0.4) is 0 Å². The Labute approximate surface area is 240 Å². The van der Waals surface area contributed by atoms with E-state index in [-0.39, 0.29) is 61.5 Å². The normalized spacial score (nSPS) is 13.0. The number of carbonyl (C=O) groups is 1. The lowest BCUT2D eigenvalue weighted by molar-refractivity contribution is -0.182. The number of hydrogen-bond acceptors (Lipinski definition) is 10. The molecule has 0 aliphatic carbocycles. The van der Waals surface area contributed by atoms with Gasteiger partial charge in [-0.25, -0.2) is 4.68 Å². The first-order chi connectivity index (χ1) is 18.4. The molecular weight excluding hydrogens is 542 g/mol. The largest absolute Gasteiger partial charge is 0.493 e. The van der Waals surface area contributed by atoms with Crippen LogP contribution in [0.2, 0.25) is 0 Å². The van der Waals surface area contributed by atoms with Gasteiger partial charge in [0, 0.05) is 56.9 Å². The Kier molecular flexibility index (Phi) is 11.1. The second-order valence-electron chi connectivity index (χ2n) is 10.4. The maximum atomic E-state index is 13.5. The van der Waals surface area contributed by atoms with Gasteiger partial charge >= 0.3 is 0 Å². The van der Waals surface area contributed by atoms with E-state index in [1.807, 2.05) is 27.7 Å². The lowest BCUT2D eigenvalue weighted by atomic mass is 9.84. The van der Waals surface area contributed by atoms with Crippen molar-refractivity contribution in [2.24, 2.45) is 0 Å². The first kappa shape index (κ1) is 33.0. The first-order valence-corrected chi connectivity index (χ1v) is 12.6. The average molecular weight is 582 g/mol. The molecule has 0 saturated heterocycles. The van der Waals surface area contributed by atoms with Crippen LogP contribution in [-0.2, 0) is 21.4 Å². The average Bonchev–Trinajstić information content (AvgIpc) is 3.18. The molecule has 1 atom stereocenters. The highest BCUT2D eigenvalue weighted by atomic mass is 35.5. The van der Waals surface area contributed by atoms with Crippen molar-refractivity contribution in [1.82, 2.24) is 19.4 Å². The Bertz CT molecular complexity index is 1380. The van der Waals surface area contributed by atoms with E-state index < -0.39 is 5.79 Å². The minimum atomic E-state index is -1.08. The molecule has 2 heterocycles. The summed E-state index contributed by atoms with van der Waals surface area (Å²) in [6.45, 7) is 9.82. The fourth-order valence-electron chi connectivity index (χ4n) is 4.02. The van der Waals surface area contributed by atoms with Gasteiger partial charge in [-0.05, 0) is 24.5 Å². The molecule has 3 aromatic rings. The Balaban J connectivity index is 0.00000560. The smallest absolute Gasteiger partial charge is 0.242 e. The molecule has 1 unspecified atom stereocenters. The Morgan fingerprint density at radius 3 is 2.38 bits per heavy atom. The van der Waals surface area contributed by atoms with E-state index in [1.54, 1.807) is 32.2 Å². The van der Waals surface area contributed by atoms with E-state index in [0.717, 1.165) is 5.56 Å². The predicted molar refractivity (Wildman–Crippen MR) is 150 cm³/mol. The molecule has 0 fully saturated rings. The summed E-state index contributed by atoms with van der Waals surface area (Å²) in [6.07, 6.45) is 0.443. The lowest BCUT2D eigenvalue weighted by Gasteiger charge is -2.27. The van der Waals surface area contributed by atoms with Crippen molar-refractivity contribution in [2.75, 3.05) is 41.2 Å².